The maximum absolute atomic E-state index is 13.4. The Kier molecular flexibility index (Phi) is 6.32. The second-order valence-electron chi connectivity index (χ2n) is 7.47. The van der Waals surface area contributed by atoms with Crippen LogP contribution in [0.3, 0.4) is 0 Å². The number of esters is 1. The number of imidazole rings is 1. The van der Waals surface area contributed by atoms with Crippen molar-refractivity contribution in [1.29, 1.82) is 0 Å². The maximum Gasteiger partial charge on any atom is 0.459 e. The van der Waals surface area contributed by atoms with Gasteiger partial charge in [0.05, 0.1) is 13.7 Å². The number of carbonyl (C=O) groups excluding carboxylic acids is 1. The minimum absolute atomic E-state index is 0.00177. The second-order valence-corrected chi connectivity index (χ2v) is 9.16. The molecule has 0 spiro atoms. The number of fused-ring (bicyclic) bond motifs is 1. The first-order valence-electron chi connectivity index (χ1n) is 10.1. The fourth-order valence-corrected chi connectivity index (χ4v) is 4.68. The number of aromatic nitrogens is 4. The van der Waals surface area contributed by atoms with Crippen LogP contribution >= 0.6 is 7.75 Å². The summed E-state index contributed by atoms with van der Waals surface area (Å²) in [6.45, 7) is 1.63. The van der Waals surface area contributed by atoms with Crippen LogP contribution in [0.1, 0.15) is 13.3 Å². The van der Waals surface area contributed by atoms with E-state index in [1.165, 1.54) is 14.0 Å². The Labute approximate surface area is 189 Å². The summed E-state index contributed by atoms with van der Waals surface area (Å²) in [6.07, 6.45) is 4.14. The molecule has 174 valence electrons. The minimum Gasteiger partial charge on any atom is -0.468 e. The number of carbonyl (C=O) groups is 1. The topological polar surface area (TPSA) is 169 Å². The monoisotopic (exact) mass is 473 g/mol. The van der Waals surface area contributed by atoms with Crippen LogP contribution in [0.2, 0.25) is 0 Å². The SMILES string of the molecule is COC(=O)[C@H](C)NP(=O)(OCC1C/C1=C/n1cnc2c(N)nc(N)nc21)Oc1ccccc1. The van der Waals surface area contributed by atoms with E-state index in [4.69, 9.17) is 25.3 Å². The molecule has 1 fully saturated rings. The molecule has 0 radical (unpaired) electrons. The van der Waals surface area contributed by atoms with Crippen LogP contribution < -0.4 is 21.1 Å². The van der Waals surface area contributed by atoms with Gasteiger partial charge in [0.1, 0.15) is 18.1 Å². The molecule has 3 aromatic rings. The first-order chi connectivity index (χ1) is 15.8. The van der Waals surface area contributed by atoms with Crippen molar-refractivity contribution in [2.75, 3.05) is 25.2 Å². The quantitative estimate of drug-likeness (QED) is 0.307. The zero-order valence-corrected chi connectivity index (χ0v) is 18.9. The molecule has 2 aromatic heterocycles. The number of nitrogen functional groups attached to an aromatic ring is 2. The van der Waals surface area contributed by atoms with E-state index in [9.17, 15) is 9.36 Å². The number of ether oxygens (including phenoxy) is 1. The molecule has 2 unspecified atom stereocenters. The van der Waals surface area contributed by atoms with Crippen molar-refractivity contribution in [3.63, 3.8) is 0 Å². The summed E-state index contributed by atoms with van der Waals surface area (Å²) >= 11 is 0. The summed E-state index contributed by atoms with van der Waals surface area (Å²) in [5.74, 6) is 0.0180. The van der Waals surface area contributed by atoms with E-state index in [1.54, 1.807) is 41.2 Å². The van der Waals surface area contributed by atoms with Crippen LogP contribution in [-0.4, -0.2) is 45.2 Å². The molecule has 5 N–H and O–H groups in total. The Bertz CT molecular complexity index is 1250. The number of hydrogen-bond donors (Lipinski definition) is 3. The van der Waals surface area contributed by atoms with Gasteiger partial charge in [-0.05, 0) is 31.1 Å². The number of benzene rings is 1. The van der Waals surface area contributed by atoms with Crippen LogP contribution in [0, 0.1) is 5.92 Å². The van der Waals surface area contributed by atoms with Crippen molar-refractivity contribution < 1.29 is 23.1 Å². The first kappa shape index (κ1) is 22.7. The number of anilines is 2. The zero-order chi connectivity index (χ0) is 23.6. The summed E-state index contributed by atoms with van der Waals surface area (Å²) in [7, 11) is -2.63. The van der Waals surface area contributed by atoms with Gasteiger partial charge in [-0.25, -0.2) is 9.55 Å². The molecular weight excluding hydrogens is 449 g/mol. The van der Waals surface area contributed by atoms with Gasteiger partial charge in [0, 0.05) is 12.1 Å². The van der Waals surface area contributed by atoms with Crippen molar-refractivity contribution >= 4 is 42.8 Å². The first-order valence-corrected chi connectivity index (χ1v) is 11.6. The van der Waals surface area contributed by atoms with E-state index in [1.807, 2.05) is 6.20 Å². The molecule has 13 heteroatoms. The van der Waals surface area contributed by atoms with Gasteiger partial charge in [0.25, 0.3) is 0 Å². The number of methoxy groups -OCH3 is 1. The average molecular weight is 473 g/mol. The van der Waals surface area contributed by atoms with E-state index in [0.717, 1.165) is 5.57 Å². The van der Waals surface area contributed by atoms with Crippen LogP contribution in [-0.2, 0) is 18.6 Å². The Balaban J connectivity index is 1.46. The molecule has 1 saturated carbocycles. The Morgan fingerprint density at radius 1 is 1.33 bits per heavy atom. The predicted octanol–water partition coefficient (Wildman–Crippen LogP) is 2.21. The van der Waals surface area contributed by atoms with Gasteiger partial charge in [-0.2, -0.15) is 15.1 Å². The predicted molar refractivity (Wildman–Crippen MR) is 122 cm³/mol. The zero-order valence-electron chi connectivity index (χ0n) is 18.0. The Morgan fingerprint density at radius 3 is 2.82 bits per heavy atom. The highest BCUT2D eigenvalue weighted by Gasteiger charge is 2.37. The fourth-order valence-electron chi connectivity index (χ4n) is 3.14. The third-order valence-electron chi connectivity index (χ3n) is 4.94. The van der Waals surface area contributed by atoms with Crippen molar-refractivity contribution in [1.82, 2.24) is 24.6 Å². The number of nitrogens with two attached hydrogens (primary N) is 2. The van der Waals surface area contributed by atoms with Crippen LogP contribution in [0.25, 0.3) is 17.4 Å². The van der Waals surface area contributed by atoms with Crippen molar-refractivity contribution in [2.45, 2.75) is 19.4 Å². The third-order valence-corrected chi connectivity index (χ3v) is 6.58. The summed E-state index contributed by atoms with van der Waals surface area (Å²) in [5, 5.41) is 2.63. The molecule has 0 amide bonds. The van der Waals surface area contributed by atoms with Crippen molar-refractivity contribution in [3.05, 3.63) is 42.2 Å². The highest BCUT2D eigenvalue weighted by Crippen LogP contribution is 2.48. The molecule has 0 bridgehead atoms. The van der Waals surface area contributed by atoms with Crippen LogP contribution in [0.15, 0.2) is 42.2 Å². The molecule has 12 nitrogen and oxygen atoms in total. The van der Waals surface area contributed by atoms with E-state index in [-0.39, 0.29) is 24.3 Å². The van der Waals surface area contributed by atoms with Gasteiger partial charge >= 0.3 is 13.7 Å². The molecule has 0 saturated heterocycles. The van der Waals surface area contributed by atoms with Gasteiger partial charge in [-0.15, -0.1) is 0 Å². The summed E-state index contributed by atoms with van der Waals surface area (Å²) in [6, 6.07) is 7.68. The van der Waals surface area contributed by atoms with Gasteiger partial charge in [0.2, 0.25) is 5.95 Å². The maximum atomic E-state index is 13.4. The molecule has 0 aliphatic heterocycles. The normalized spacial score (nSPS) is 19.2. The van der Waals surface area contributed by atoms with E-state index >= 15 is 0 Å². The number of nitrogens with one attached hydrogen (secondary N) is 1. The molecule has 33 heavy (non-hydrogen) atoms. The van der Waals surface area contributed by atoms with E-state index < -0.39 is 19.8 Å². The summed E-state index contributed by atoms with van der Waals surface area (Å²) in [4.78, 5) is 24.1. The standard InChI is InChI=1S/C20H24N7O5P/c1-12(19(28)30-2)26-33(29,32-15-6-4-3-5-7-15)31-10-14-8-13(14)9-27-11-23-16-17(21)24-20(22)25-18(16)27/h3-7,9,11-12,14H,8,10H2,1-2H3,(H,26,29)(H4,21,22,24,25)/b13-9-/t12-,14?,33?/m0/s1. The molecule has 1 aliphatic rings. The van der Waals surface area contributed by atoms with Crippen molar-refractivity contribution in [3.8, 4) is 5.75 Å². The van der Waals surface area contributed by atoms with Crippen LogP contribution in [0.4, 0.5) is 11.8 Å². The molecule has 2 heterocycles. The van der Waals surface area contributed by atoms with E-state index in [0.29, 0.717) is 23.3 Å². The molecule has 4 rings (SSSR count). The lowest BCUT2D eigenvalue weighted by Crippen LogP contribution is -2.34. The van der Waals surface area contributed by atoms with Crippen LogP contribution in [0.5, 0.6) is 5.75 Å². The lowest BCUT2D eigenvalue weighted by Gasteiger charge is -2.22. The molecular formula is C20H24N7O5P. The van der Waals surface area contributed by atoms with Gasteiger partial charge in [0.15, 0.2) is 17.0 Å². The molecule has 1 aliphatic carbocycles. The minimum atomic E-state index is -3.88. The Morgan fingerprint density at radius 2 is 2.09 bits per heavy atom. The van der Waals surface area contributed by atoms with Crippen molar-refractivity contribution in [2.24, 2.45) is 5.92 Å². The number of para-hydroxylation sites is 1. The lowest BCUT2D eigenvalue weighted by molar-refractivity contribution is -0.142. The third kappa shape index (κ3) is 5.30. The lowest BCUT2D eigenvalue weighted by atomic mass is 10.3. The van der Waals surface area contributed by atoms with Gasteiger partial charge in [-0.3, -0.25) is 13.9 Å². The summed E-state index contributed by atoms with van der Waals surface area (Å²) < 4.78 is 31.1. The second kappa shape index (κ2) is 9.18. The summed E-state index contributed by atoms with van der Waals surface area (Å²) in [5.41, 5.74) is 13.5. The van der Waals surface area contributed by atoms with Gasteiger partial charge in [-0.1, -0.05) is 18.2 Å². The average Bonchev–Trinajstić information content (AvgIpc) is 3.41. The fraction of sp³-hybridized carbons (Fsp3) is 0.300. The number of rotatable bonds is 9. The highest BCUT2D eigenvalue weighted by molar-refractivity contribution is 7.52. The van der Waals surface area contributed by atoms with E-state index in [2.05, 4.69) is 20.0 Å². The number of hydrogen-bond acceptors (Lipinski definition) is 10. The van der Waals surface area contributed by atoms with Gasteiger partial charge < -0.3 is 20.7 Å². The smallest absolute Gasteiger partial charge is 0.459 e. The number of nitrogens with zero attached hydrogens (tertiary/aromatic N) is 4. The molecule has 1 aromatic carbocycles. The Hall–Kier alpha value is -3.47. The largest absolute Gasteiger partial charge is 0.468 e. The molecule has 3 atom stereocenters. The highest BCUT2D eigenvalue weighted by atomic mass is 31.2.